The molecule has 0 radical (unpaired) electrons. The lowest BCUT2D eigenvalue weighted by Crippen LogP contribution is -2.48. The van der Waals surface area contributed by atoms with Crippen LogP contribution in [0, 0.1) is 5.92 Å². The van der Waals surface area contributed by atoms with Gasteiger partial charge in [0, 0.05) is 33.3 Å². The molecule has 26 heavy (non-hydrogen) atoms. The van der Waals surface area contributed by atoms with Gasteiger partial charge in [-0.1, -0.05) is 13.3 Å². The summed E-state index contributed by atoms with van der Waals surface area (Å²) in [5.74, 6) is 1.64. The maximum absolute atomic E-state index is 11.9. The lowest BCUT2D eigenvalue weighted by Gasteiger charge is -2.30. The zero-order chi connectivity index (χ0) is 18.1. The van der Waals surface area contributed by atoms with Gasteiger partial charge in [0.1, 0.15) is 6.54 Å². The third kappa shape index (κ3) is 8.41. The molecular formula is C19H37IN4O2. The first-order valence-electron chi connectivity index (χ1n) is 9.95. The molecule has 0 aromatic rings. The molecule has 2 rings (SSSR count). The van der Waals surface area contributed by atoms with Crippen LogP contribution in [0.5, 0.6) is 0 Å². The highest BCUT2D eigenvalue weighted by Gasteiger charge is 2.21. The molecule has 1 saturated heterocycles. The van der Waals surface area contributed by atoms with Crippen LogP contribution in [-0.4, -0.2) is 62.7 Å². The molecular weight excluding hydrogens is 443 g/mol. The van der Waals surface area contributed by atoms with E-state index in [1.165, 1.54) is 38.5 Å². The molecule has 1 atom stereocenters. The molecule has 0 aromatic heterocycles. The number of hydrogen-bond acceptors (Lipinski definition) is 3. The predicted molar refractivity (Wildman–Crippen MR) is 117 cm³/mol. The van der Waals surface area contributed by atoms with E-state index in [0.29, 0.717) is 6.04 Å². The van der Waals surface area contributed by atoms with E-state index in [1.807, 2.05) is 0 Å². The van der Waals surface area contributed by atoms with Gasteiger partial charge in [0.05, 0.1) is 6.10 Å². The van der Waals surface area contributed by atoms with Crippen molar-refractivity contribution in [2.24, 2.45) is 10.9 Å². The molecule has 1 saturated carbocycles. The second-order valence-electron chi connectivity index (χ2n) is 7.59. The van der Waals surface area contributed by atoms with Gasteiger partial charge in [-0.2, -0.15) is 0 Å². The summed E-state index contributed by atoms with van der Waals surface area (Å²) in [6, 6.07) is 0.454. The van der Waals surface area contributed by atoms with E-state index >= 15 is 0 Å². The monoisotopic (exact) mass is 480 g/mol. The minimum atomic E-state index is 0. The van der Waals surface area contributed by atoms with E-state index in [-0.39, 0.29) is 42.5 Å². The summed E-state index contributed by atoms with van der Waals surface area (Å²) >= 11 is 0. The maximum Gasteiger partial charge on any atom is 0.243 e. The normalized spacial score (nSPS) is 26.6. The van der Waals surface area contributed by atoms with Crippen LogP contribution in [-0.2, 0) is 9.53 Å². The van der Waals surface area contributed by atoms with Gasteiger partial charge in [-0.15, -0.1) is 24.0 Å². The van der Waals surface area contributed by atoms with Crippen molar-refractivity contribution in [1.29, 1.82) is 0 Å². The van der Waals surface area contributed by atoms with Crippen LogP contribution in [0.1, 0.15) is 58.3 Å². The number of nitrogens with one attached hydrogen (secondary N) is 2. The summed E-state index contributed by atoms with van der Waals surface area (Å²) in [6.07, 6.45) is 9.94. The summed E-state index contributed by atoms with van der Waals surface area (Å²) in [4.78, 5) is 18.0. The lowest BCUT2D eigenvalue weighted by atomic mass is 9.84. The van der Waals surface area contributed by atoms with E-state index in [9.17, 15) is 4.79 Å². The summed E-state index contributed by atoms with van der Waals surface area (Å²) in [6.45, 7) is 4.07. The fourth-order valence-corrected chi connectivity index (χ4v) is 3.53. The Morgan fingerprint density at radius 3 is 2.46 bits per heavy atom. The summed E-state index contributed by atoms with van der Waals surface area (Å²) in [7, 11) is 3.53. The van der Waals surface area contributed by atoms with Crippen LogP contribution in [0.4, 0.5) is 0 Å². The van der Waals surface area contributed by atoms with Crippen molar-refractivity contribution in [2.45, 2.75) is 70.4 Å². The van der Waals surface area contributed by atoms with E-state index in [4.69, 9.17) is 4.74 Å². The Bertz CT molecular complexity index is 431. The zero-order valence-corrected chi connectivity index (χ0v) is 19.0. The number of aliphatic imine (C=N–C) groups is 1. The lowest BCUT2D eigenvalue weighted by molar-refractivity contribution is -0.127. The summed E-state index contributed by atoms with van der Waals surface area (Å²) < 4.78 is 5.79. The van der Waals surface area contributed by atoms with Crippen molar-refractivity contribution >= 4 is 35.8 Å². The first kappa shape index (κ1) is 23.5. The SMILES string of the molecule is CCC1CCC(NC(=NCC(=O)N(C)C)NCC2CCCCO2)CC1.I. The quantitative estimate of drug-likeness (QED) is 0.349. The fourth-order valence-electron chi connectivity index (χ4n) is 3.53. The molecule has 1 heterocycles. The first-order chi connectivity index (χ1) is 12.1. The third-order valence-electron chi connectivity index (χ3n) is 5.41. The number of halogens is 1. The van der Waals surface area contributed by atoms with Crippen LogP contribution in [0.25, 0.3) is 0 Å². The number of nitrogens with zero attached hydrogens (tertiary/aromatic N) is 2. The smallest absolute Gasteiger partial charge is 0.243 e. The largest absolute Gasteiger partial charge is 0.376 e. The Kier molecular flexibility index (Phi) is 11.5. The molecule has 1 unspecified atom stereocenters. The molecule has 0 aromatic carbocycles. The highest BCUT2D eigenvalue weighted by atomic mass is 127. The molecule has 2 N–H and O–H groups in total. The standard InChI is InChI=1S/C19H36N4O2.HI/c1-4-15-8-10-16(11-9-15)22-19(21-14-18(24)23(2)3)20-13-17-7-5-6-12-25-17;/h15-17H,4-14H2,1-3H3,(H2,20,21,22);1H. The minimum Gasteiger partial charge on any atom is -0.376 e. The van der Waals surface area contributed by atoms with Gasteiger partial charge in [-0.25, -0.2) is 4.99 Å². The molecule has 1 aliphatic carbocycles. The number of rotatable bonds is 6. The molecule has 6 nitrogen and oxygen atoms in total. The second kappa shape index (κ2) is 12.8. The molecule has 7 heteroatoms. The number of carbonyl (C=O) groups is 1. The summed E-state index contributed by atoms with van der Waals surface area (Å²) in [5, 5.41) is 6.95. The molecule has 152 valence electrons. The molecule has 1 amide bonds. The first-order valence-corrected chi connectivity index (χ1v) is 9.95. The predicted octanol–water partition coefficient (Wildman–Crippen LogP) is 2.77. The van der Waals surface area contributed by atoms with E-state index in [0.717, 1.165) is 37.9 Å². The Hall–Kier alpha value is -0.570. The molecule has 1 aliphatic heterocycles. The number of guanidine groups is 1. The van der Waals surface area contributed by atoms with E-state index in [2.05, 4.69) is 22.5 Å². The highest BCUT2D eigenvalue weighted by molar-refractivity contribution is 14.0. The van der Waals surface area contributed by atoms with Crippen LogP contribution in [0.15, 0.2) is 4.99 Å². The number of hydrogen-bond donors (Lipinski definition) is 2. The highest BCUT2D eigenvalue weighted by Crippen LogP contribution is 2.26. The zero-order valence-electron chi connectivity index (χ0n) is 16.6. The van der Waals surface area contributed by atoms with Crippen molar-refractivity contribution in [1.82, 2.24) is 15.5 Å². The Labute approximate surface area is 175 Å². The van der Waals surface area contributed by atoms with Gasteiger partial charge in [0.25, 0.3) is 0 Å². The van der Waals surface area contributed by atoms with Crippen molar-refractivity contribution in [3.8, 4) is 0 Å². The number of carbonyl (C=O) groups excluding carboxylic acids is 1. The molecule has 0 spiro atoms. The summed E-state index contributed by atoms with van der Waals surface area (Å²) in [5.41, 5.74) is 0. The molecule has 2 aliphatic rings. The average Bonchev–Trinajstić information content (AvgIpc) is 2.65. The minimum absolute atomic E-state index is 0. The Balaban J connectivity index is 0.00000338. The van der Waals surface area contributed by atoms with Crippen molar-refractivity contribution in [3.63, 3.8) is 0 Å². The average molecular weight is 480 g/mol. The number of ether oxygens (including phenoxy) is 1. The van der Waals surface area contributed by atoms with Crippen LogP contribution >= 0.6 is 24.0 Å². The van der Waals surface area contributed by atoms with Crippen molar-refractivity contribution < 1.29 is 9.53 Å². The third-order valence-corrected chi connectivity index (χ3v) is 5.41. The Morgan fingerprint density at radius 2 is 1.88 bits per heavy atom. The number of likely N-dealkylation sites (N-methyl/N-ethyl adjacent to an activating group) is 1. The second-order valence-corrected chi connectivity index (χ2v) is 7.59. The van der Waals surface area contributed by atoms with Gasteiger partial charge < -0.3 is 20.3 Å². The molecule has 0 bridgehead atoms. The van der Waals surface area contributed by atoms with Gasteiger partial charge in [0.2, 0.25) is 5.91 Å². The van der Waals surface area contributed by atoms with Gasteiger partial charge >= 0.3 is 0 Å². The molecule has 2 fully saturated rings. The van der Waals surface area contributed by atoms with Gasteiger partial charge in [-0.3, -0.25) is 4.79 Å². The van der Waals surface area contributed by atoms with E-state index in [1.54, 1.807) is 19.0 Å². The van der Waals surface area contributed by atoms with Crippen LogP contribution in [0.3, 0.4) is 0 Å². The topological polar surface area (TPSA) is 66.0 Å². The van der Waals surface area contributed by atoms with Crippen LogP contribution < -0.4 is 10.6 Å². The van der Waals surface area contributed by atoms with Crippen LogP contribution in [0.2, 0.25) is 0 Å². The van der Waals surface area contributed by atoms with Gasteiger partial charge in [-0.05, 0) is 50.9 Å². The number of amides is 1. The Morgan fingerprint density at radius 1 is 1.15 bits per heavy atom. The van der Waals surface area contributed by atoms with E-state index < -0.39 is 0 Å². The van der Waals surface area contributed by atoms with Crippen molar-refractivity contribution in [3.05, 3.63) is 0 Å². The maximum atomic E-state index is 11.9. The van der Waals surface area contributed by atoms with Crippen molar-refractivity contribution in [2.75, 3.05) is 33.8 Å². The van der Waals surface area contributed by atoms with Gasteiger partial charge in [0.15, 0.2) is 5.96 Å². The fraction of sp³-hybridized carbons (Fsp3) is 0.895.